The van der Waals surface area contributed by atoms with E-state index in [9.17, 15) is 9.59 Å². The van der Waals surface area contributed by atoms with Gasteiger partial charge in [-0.25, -0.2) is 4.99 Å². The molecule has 0 radical (unpaired) electrons. The summed E-state index contributed by atoms with van der Waals surface area (Å²) in [6.45, 7) is 8.29. The lowest BCUT2D eigenvalue weighted by Gasteiger charge is -2.39. The number of ether oxygens (including phenoxy) is 3. The monoisotopic (exact) mass is 486 g/mol. The molecule has 1 unspecified atom stereocenters. The highest BCUT2D eigenvalue weighted by Gasteiger charge is 2.52. The van der Waals surface area contributed by atoms with Gasteiger partial charge in [-0.3, -0.25) is 14.5 Å². The second-order valence-electron chi connectivity index (χ2n) is 11.1. The van der Waals surface area contributed by atoms with Crippen LogP contribution in [0.25, 0.3) is 0 Å². The number of hydrogen-bond acceptors (Lipinski definition) is 7. The fourth-order valence-corrected chi connectivity index (χ4v) is 5.53. The van der Waals surface area contributed by atoms with E-state index in [2.05, 4.69) is 10.3 Å². The first-order chi connectivity index (χ1) is 16.5. The minimum absolute atomic E-state index is 0.00551. The van der Waals surface area contributed by atoms with E-state index in [1.54, 1.807) is 19.1 Å². The molecule has 3 N–H and O–H groups in total. The van der Waals surface area contributed by atoms with Crippen LogP contribution in [0, 0.1) is 11.8 Å². The van der Waals surface area contributed by atoms with E-state index in [0.717, 1.165) is 11.3 Å². The maximum Gasteiger partial charge on any atom is 0.231 e. The smallest absolute Gasteiger partial charge is 0.231 e. The zero-order valence-corrected chi connectivity index (χ0v) is 21.6. The van der Waals surface area contributed by atoms with Gasteiger partial charge in [0, 0.05) is 32.1 Å². The van der Waals surface area contributed by atoms with Gasteiger partial charge in [0.1, 0.15) is 17.1 Å². The topological polar surface area (TPSA) is 115 Å². The number of guanidine groups is 1. The third kappa shape index (κ3) is 5.24. The number of benzene rings is 1. The van der Waals surface area contributed by atoms with Crippen LogP contribution in [0.2, 0.25) is 0 Å². The highest BCUT2D eigenvalue weighted by molar-refractivity contribution is 5.99. The molecule has 1 aliphatic carbocycles. The van der Waals surface area contributed by atoms with E-state index < -0.39 is 11.1 Å². The summed E-state index contributed by atoms with van der Waals surface area (Å²) in [6, 6.07) is 5.21. The van der Waals surface area contributed by atoms with Crippen LogP contribution in [0.4, 0.5) is 0 Å². The first-order valence-electron chi connectivity index (χ1n) is 12.3. The summed E-state index contributed by atoms with van der Waals surface area (Å²) < 4.78 is 17.0. The molecule has 9 heteroatoms. The standard InChI is InChI=1S/C26H38N4O5/c1-25(2)14-21(31)30(24(27)29-25)18(10-11-33-5)15-12-16(15)23(32)28-17-13-26(3,4)35-20-9-7-8-19(34-6)22(17)20/h7-9,15-18H,10-14H2,1-6H3,(H2,27,29)(H,28,32)/t15?,16-,17+,18-/m1/s1. The third-order valence-corrected chi connectivity index (χ3v) is 7.13. The maximum absolute atomic E-state index is 13.4. The highest BCUT2D eigenvalue weighted by atomic mass is 16.5. The summed E-state index contributed by atoms with van der Waals surface area (Å²) in [5.74, 6) is 1.34. The van der Waals surface area contributed by atoms with Gasteiger partial charge in [0.15, 0.2) is 5.96 Å². The molecule has 1 fully saturated rings. The molecule has 35 heavy (non-hydrogen) atoms. The lowest BCUT2D eigenvalue weighted by molar-refractivity contribution is -0.132. The van der Waals surface area contributed by atoms with Crippen molar-refractivity contribution in [3.05, 3.63) is 23.8 Å². The summed E-state index contributed by atoms with van der Waals surface area (Å²) in [5, 5.41) is 3.25. The van der Waals surface area contributed by atoms with E-state index in [4.69, 9.17) is 19.9 Å². The van der Waals surface area contributed by atoms with Crippen molar-refractivity contribution in [2.75, 3.05) is 20.8 Å². The first kappa shape index (κ1) is 25.3. The van der Waals surface area contributed by atoms with E-state index in [1.807, 2.05) is 45.9 Å². The van der Waals surface area contributed by atoms with Crippen molar-refractivity contribution in [3.63, 3.8) is 0 Å². The maximum atomic E-state index is 13.4. The highest BCUT2D eigenvalue weighted by Crippen LogP contribution is 2.48. The van der Waals surface area contributed by atoms with Gasteiger partial charge in [-0.05, 0) is 58.6 Å². The Morgan fingerprint density at radius 2 is 2.06 bits per heavy atom. The molecule has 0 saturated heterocycles. The van der Waals surface area contributed by atoms with Crippen LogP contribution in [0.5, 0.6) is 11.5 Å². The third-order valence-electron chi connectivity index (χ3n) is 7.13. The van der Waals surface area contributed by atoms with Crippen LogP contribution in [0.1, 0.15) is 65.0 Å². The van der Waals surface area contributed by atoms with Gasteiger partial charge >= 0.3 is 0 Å². The van der Waals surface area contributed by atoms with Gasteiger partial charge in [0.2, 0.25) is 11.8 Å². The zero-order valence-electron chi connectivity index (χ0n) is 21.6. The van der Waals surface area contributed by atoms with Crippen LogP contribution in [0.3, 0.4) is 0 Å². The first-order valence-corrected chi connectivity index (χ1v) is 12.3. The minimum Gasteiger partial charge on any atom is -0.496 e. The van der Waals surface area contributed by atoms with Crippen molar-refractivity contribution in [2.45, 2.75) is 76.6 Å². The molecule has 1 aromatic carbocycles. The molecule has 192 valence electrons. The Labute approximate surface area is 207 Å². The predicted molar refractivity (Wildman–Crippen MR) is 132 cm³/mol. The Morgan fingerprint density at radius 1 is 1.31 bits per heavy atom. The number of hydrogen-bond donors (Lipinski definition) is 2. The minimum atomic E-state index is -0.522. The molecule has 1 aromatic rings. The number of carbonyl (C=O) groups excluding carboxylic acids is 2. The Hall–Kier alpha value is -2.81. The number of fused-ring (bicyclic) bond motifs is 1. The van der Waals surface area contributed by atoms with Gasteiger partial charge in [-0.15, -0.1) is 0 Å². The lowest BCUT2D eigenvalue weighted by Crippen LogP contribution is -2.55. The van der Waals surface area contributed by atoms with Crippen molar-refractivity contribution < 1.29 is 23.8 Å². The Bertz CT molecular complexity index is 1020. The number of amides is 2. The van der Waals surface area contributed by atoms with E-state index in [0.29, 0.717) is 31.6 Å². The van der Waals surface area contributed by atoms with Crippen molar-refractivity contribution in [1.82, 2.24) is 10.2 Å². The average molecular weight is 487 g/mol. The van der Waals surface area contributed by atoms with Gasteiger partial charge in [-0.1, -0.05) is 6.07 Å². The SMILES string of the molecule is COCC[C@H](C1C[C@H]1C(=O)N[C@H]1CC(C)(C)Oc2cccc(OC)c21)N1C(=O)CC(C)(C)N=C1N. The summed E-state index contributed by atoms with van der Waals surface area (Å²) in [4.78, 5) is 32.6. The molecule has 4 rings (SSSR count). The molecular weight excluding hydrogens is 448 g/mol. The Kier molecular flexibility index (Phi) is 6.74. The number of aliphatic imine (C=N–C) groups is 1. The number of nitrogens with one attached hydrogen (secondary N) is 1. The fourth-order valence-electron chi connectivity index (χ4n) is 5.53. The molecule has 2 amide bonds. The zero-order chi connectivity index (χ0) is 25.5. The largest absolute Gasteiger partial charge is 0.496 e. The molecule has 4 atom stereocenters. The molecule has 2 heterocycles. The van der Waals surface area contributed by atoms with Gasteiger partial charge < -0.3 is 25.3 Å². The Morgan fingerprint density at radius 3 is 2.71 bits per heavy atom. The molecule has 2 aliphatic heterocycles. The van der Waals surface area contributed by atoms with E-state index >= 15 is 0 Å². The quantitative estimate of drug-likeness (QED) is 0.584. The summed E-state index contributed by atoms with van der Waals surface area (Å²) in [7, 11) is 3.25. The van der Waals surface area contributed by atoms with Crippen LogP contribution < -0.4 is 20.5 Å². The Balaban J connectivity index is 1.53. The van der Waals surface area contributed by atoms with Crippen molar-refractivity contribution >= 4 is 17.8 Å². The normalized spacial score (nSPS) is 27.3. The molecule has 0 spiro atoms. The molecule has 0 bridgehead atoms. The number of nitrogens with zero attached hydrogens (tertiary/aromatic N) is 2. The number of rotatable bonds is 8. The van der Waals surface area contributed by atoms with E-state index in [-0.39, 0.29) is 48.1 Å². The van der Waals surface area contributed by atoms with Crippen molar-refractivity contribution in [2.24, 2.45) is 22.6 Å². The second-order valence-corrected chi connectivity index (χ2v) is 11.1. The number of carbonyl (C=O) groups is 2. The van der Waals surface area contributed by atoms with Gasteiger partial charge in [0.05, 0.1) is 30.7 Å². The second kappa shape index (κ2) is 9.33. The van der Waals surface area contributed by atoms with Crippen molar-refractivity contribution in [1.29, 1.82) is 0 Å². The van der Waals surface area contributed by atoms with Crippen LogP contribution >= 0.6 is 0 Å². The average Bonchev–Trinajstić information content (AvgIpc) is 3.54. The van der Waals surface area contributed by atoms with Crippen LogP contribution in [0.15, 0.2) is 23.2 Å². The van der Waals surface area contributed by atoms with Crippen LogP contribution in [-0.4, -0.2) is 60.7 Å². The molecular formula is C26H38N4O5. The van der Waals surface area contributed by atoms with Crippen molar-refractivity contribution in [3.8, 4) is 11.5 Å². The molecule has 9 nitrogen and oxygen atoms in total. The molecule has 1 saturated carbocycles. The van der Waals surface area contributed by atoms with Gasteiger partial charge in [0.25, 0.3) is 0 Å². The summed E-state index contributed by atoms with van der Waals surface area (Å²) >= 11 is 0. The number of nitrogens with two attached hydrogens (primary N) is 1. The molecule has 0 aromatic heterocycles. The molecule has 3 aliphatic rings. The van der Waals surface area contributed by atoms with Gasteiger partial charge in [-0.2, -0.15) is 0 Å². The summed E-state index contributed by atoms with van der Waals surface area (Å²) in [5.41, 5.74) is 6.16. The van der Waals surface area contributed by atoms with E-state index in [1.165, 1.54) is 0 Å². The lowest BCUT2D eigenvalue weighted by atomic mass is 9.89. The summed E-state index contributed by atoms with van der Waals surface area (Å²) in [6.07, 6.45) is 2.19. The van der Waals surface area contributed by atoms with Crippen LogP contribution in [-0.2, 0) is 14.3 Å². The number of methoxy groups -OCH3 is 2. The fraction of sp³-hybridized carbons (Fsp3) is 0.654. The predicted octanol–water partition coefficient (Wildman–Crippen LogP) is 2.78.